The summed E-state index contributed by atoms with van der Waals surface area (Å²) in [5.74, 6) is 0. The van der Waals surface area contributed by atoms with Crippen LogP contribution in [0.2, 0.25) is 10.0 Å². The van der Waals surface area contributed by atoms with Gasteiger partial charge in [0.05, 0.1) is 10.4 Å². The molecule has 0 aliphatic carbocycles. The molecule has 0 N–H and O–H groups in total. The zero-order valence-corrected chi connectivity index (χ0v) is 14.2. The Morgan fingerprint density at radius 2 is 1.77 bits per heavy atom. The first-order valence-electron chi connectivity index (χ1n) is 6.84. The van der Waals surface area contributed by atoms with E-state index in [0.29, 0.717) is 14.9 Å². The molecule has 0 spiro atoms. The highest BCUT2D eigenvalue weighted by Crippen LogP contribution is 2.31. The normalized spacial score (nSPS) is 11.0. The smallest absolute Gasteiger partial charge is 0.203 e. The van der Waals surface area contributed by atoms with E-state index in [4.69, 9.17) is 23.2 Å². The molecule has 0 unspecified atom stereocenters. The molecule has 0 amide bonds. The van der Waals surface area contributed by atoms with Crippen LogP contribution in [0, 0.1) is 0 Å². The number of halogens is 2. The average Bonchev–Trinajstić information content (AvgIpc) is 2.49. The Hall–Kier alpha value is -1.42. The fourth-order valence-electron chi connectivity index (χ4n) is 2.37. The van der Waals surface area contributed by atoms with Gasteiger partial charge in [-0.1, -0.05) is 47.1 Å². The molecule has 0 saturated heterocycles. The van der Waals surface area contributed by atoms with Crippen molar-refractivity contribution in [3.8, 4) is 0 Å². The summed E-state index contributed by atoms with van der Waals surface area (Å²) in [4.78, 5) is 14.2. The van der Waals surface area contributed by atoms with Crippen LogP contribution in [0.4, 0.5) is 0 Å². The largest absolute Gasteiger partial charge is 0.346 e. The van der Waals surface area contributed by atoms with E-state index in [1.54, 1.807) is 6.07 Å². The third-order valence-electron chi connectivity index (χ3n) is 3.36. The maximum Gasteiger partial charge on any atom is 0.203 e. The second-order valence-electron chi connectivity index (χ2n) is 4.83. The predicted octanol–water partition coefficient (Wildman–Crippen LogP) is 5.48. The molecule has 0 bridgehead atoms. The first-order chi connectivity index (χ1) is 10.6. The van der Waals surface area contributed by atoms with Crippen molar-refractivity contribution in [1.29, 1.82) is 0 Å². The Bertz CT molecular complexity index is 885. The van der Waals surface area contributed by atoms with E-state index in [2.05, 4.69) is 11.5 Å². The fourth-order valence-corrected chi connectivity index (χ4v) is 4.03. The van der Waals surface area contributed by atoms with Gasteiger partial charge in [-0.05, 0) is 37.3 Å². The summed E-state index contributed by atoms with van der Waals surface area (Å²) < 4.78 is 2.07. The van der Waals surface area contributed by atoms with E-state index < -0.39 is 0 Å². The Balaban J connectivity index is 2.15. The lowest BCUT2D eigenvalue weighted by molar-refractivity contribution is 0.775. The molecule has 2 aromatic carbocycles. The summed E-state index contributed by atoms with van der Waals surface area (Å²) in [6.45, 7) is 2.85. The summed E-state index contributed by atoms with van der Waals surface area (Å²) in [6.07, 6.45) is 1.89. The fraction of sp³-hybridized carbons (Fsp3) is 0.118. The monoisotopic (exact) mass is 349 g/mol. The number of nitrogens with zero attached hydrogens (tertiary/aromatic N) is 1. The highest BCUT2D eigenvalue weighted by atomic mass is 35.5. The van der Waals surface area contributed by atoms with Crippen LogP contribution in [0.3, 0.4) is 0 Å². The van der Waals surface area contributed by atoms with E-state index in [1.807, 2.05) is 42.6 Å². The van der Waals surface area contributed by atoms with Crippen molar-refractivity contribution < 1.29 is 0 Å². The third kappa shape index (κ3) is 3.02. The van der Waals surface area contributed by atoms with Crippen molar-refractivity contribution in [2.45, 2.75) is 23.3 Å². The molecule has 0 saturated carbocycles. The topological polar surface area (TPSA) is 22.0 Å². The molecule has 0 atom stereocenters. The average molecular weight is 350 g/mol. The van der Waals surface area contributed by atoms with Gasteiger partial charge in [-0.3, -0.25) is 4.79 Å². The maximum atomic E-state index is 12.7. The van der Waals surface area contributed by atoms with Crippen LogP contribution in [0.5, 0.6) is 0 Å². The van der Waals surface area contributed by atoms with Gasteiger partial charge in [-0.2, -0.15) is 0 Å². The molecule has 3 rings (SSSR count). The lowest BCUT2D eigenvalue weighted by atomic mass is 10.2. The zero-order chi connectivity index (χ0) is 15.7. The van der Waals surface area contributed by atoms with Crippen molar-refractivity contribution >= 4 is 45.9 Å². The molecule has 1 heterocycles. The third-order valence-corrected chi connectivity index (χ3v) is 4.78. The number of fused-ring (bicyclic) bond motifs is 1. The van der Waals surface area contributed by atoms with Crippen LogP contribution >= 0.6 is 35.0 Å². The molecule has 1 aromatic heterocycles. The summed E-state index contributed by atoms with van der Waals surface area (Å²) in [5, 5.41) is 1.85. The standard InChI is InChI=1S/C17H13Cl2NOS/c1-2-20-10-16(17(21)14-5-3-4-6-15(14)20)22-13-8-11(18)7-12(19)9-13/h3-10H,2H2,1H3. The highest BCUT2D eigenvalue weighted by Gasteiger charge is 2.10. The summed E-state index contributed by atoms with van der Waals surface area (Å²) in [5.41, 5.74) is 0.977. The molecule has 3 aromatic rings. The highest BCUT2D eigenvalue weighted by molar-refractivity contribution is 7.99. The van der Waals surface area contributed by atoms with Crippen molar-refractivity contribution in [3.05, 3.63) is 68.9 Å². The number of aromatic nitrogens is 1. The summed E-state index contributed by atoms with van der Waals surface area (Å²) in [7, 11) is 0. The van der Waals surface area contributed by atoms with Crippen LogP contribution in [0.25, 0.3) is 10.9 Å². The SMILES string of the molecule is CCn1cc(Sc2cc(Cl)cc(Cl)c2)c(=O)c2ccccc21. The molecule has 0 aliphatic heterocycles. The number of rotatable bonds is 3. The first-order valence-corrected chi connectivity index (χ1v) is 8.42. The van der Waals surface area contributed by atoms with Gasteiger partial charge >= 0.3 is 0 Å². The number of aryl methyl sites for hydroxylation is 1. The minimum absolute atomic E-state index is 0.0291. The van der Waals surface area contributed by atoms with Crippen LogP contribution in [-0.4, -0.2) is 4.57 Å². The Kier molecular flexibility index (Phi) is 4.48. The number of hydrogen-bond donors (Lipinski definition) is 0. The molecule has 112 valence electrons. The lowest BCUT2D eigenvalue weighted by Gasteiger charge is -2.11. The van der Waals surface area contributed by atoms with Gasteiger partial charge in [0.2, 0.25) is 5.43 Å². The van der Waals surface area contributed by atoms with Crippen LogP contribution in [0.1, 0.15) is 6.92 Å². The molecule has 0 aliphatic rings. The minimum Gasteiger partial charge on any atom is -0.346 e. The van der Waals surface area contributed by atoms with Crippen LogP contribution in [0.15, 0.2) is 63.2 Å². The van der Waals surface area contributed by atoms with Crippen LogP contribution < -0.4 is 5.43 Å². The van der Waals surface area contributed by atoms with Gasteiger partial charge in [0.15, 0.2) is 0 Å². The zero-order valence-electron chi connectivity index (χ0n) is 11.8. The molecular weight excluding hydrogens is 337 g/mol. The molecular formula is C17H13Cl2NOS. The molecule has 2 nitrogen and oxygen atoms in total. The van der Waals surface area contributed by atoms with E-state index in [9.17, 15) is 4.79 Å². The first kappa shape index (κ1) is 15.5. The number of benzene rings is 2. The molecule has 22 heavy (non-hydrogen) atoms. The van der Waals surface area contributed by atoms with Crippen molar-refractivity contribution in [1.82, 2.24) is 4.57 Å². The summed E-state index contributed by atoms with van der Waals surface area (Å²) >= 11 is 13.4. The van der Waals surface area contributed by atoms with Gasteiger partial charge in [0.25, 0.3) is 0 Å². The van der Waals surface area contributed by atoms with E-state index in [0.717, 1.165) is 22.3 Å². The summed E-state index contributed by atoms with van der Waals surface area (Å²) in [6, 6.07) is 12.9. The Labute approximate surface area is 142 Å². The van der Waals surface area contributed by atoms with Crippen molar-refractivity contribution in [2.24, 2.45) is 0 Å². The van der Waals surface area contributed by atoms with Crippen molar-refractivity contribution in [2.75, 3.05) is 0 Å². The second-order valence-corrected chi connectivity index (χ2v) is 6.82. The number of pyridine rings is 1. The van der Waals surface area contributed by atoms with Gasteiger partial charge < -0.3 is 4.57 Å². The van der Waals surface area contributed by atoms with Gasteiger partial charge in [-0.25, -0.2) is 0 Å². The lowest BCUT2D eigenvalue weighted by Crippen LogP contribution is -2.10. The maximum absolute atomic E-state index is 12.7. The van der Waals surface area contributed by atoms with Gasteiger partial charge in [-0.15, -0.1) is 0 Å². The second kappa shape index (κ2) is 6.37. The Morgan fingerprint density at radius 1 is 1.09 bits per heavy atom. The van der Waals surface area contributed by atoms with E-state index >= 15 is 0 Å². The quantitative estimate of drug-likeness (QED) is 0.624. The van der Waals surface area contributed by atoms with E-state index in [1.165, 1.54) is 11.8 Å². The number of hydrogen-bond acceptors (Lipinski definition) is 2. The molecule has 5 heteroatoms. The van der Waals surface area contributed by atoms with Crippen LogP contribution in [-0.2, 0) is 6.54 Å². The van der Waals surface area contributed by atoms with Crippen molar-refractivity contribution in [3.63, 3.8) is 0 Å². The Morgan fingerprint density at radius 3 is 2.45 bits per heavy atom. The molecule has 0 radical (unpaired) electrons. The van der Waals surface area contributed by atoms with E-state index in [-0.39, 0.29) is 5.43 Å². The predicted molar refractivity (Wildman–Crippen MR) is 94.5 cm³/mol. The molecule has 0 fully saturated rings. The number of para-hydroxylation sites is 1. The minimum atomic E-state index is 0.0291. The van der Waals surface area contributed by atoms with Gasteiger partial charge in [0.1, 0.15) is 0 Å². The van der Waals surface area contributed by atoms with Gasteiger partial charge in [0, 0.05) is 33.1 Å².